The van der Waals surface area contributed by atoms with Crippen LogP contribution in [-0.2, 0) is 0 Å². The van der Waals surface area contributed by atoms with E-state index in [1.807, 2.05) is 0 Å². The van der Waals surface area contributed by atoms with Crippen LogP contribution in [0.2, 0.25) is 0 Å². The Bertz CT molecular complexity index is 592. The Morgan fingerprint density at radius 3 is 2.75 bits per heavy atom. The van der Waals surface area contributed by atoms with Crippen LogP contribution in [0.3, 0.4) is 0 Å². The van der Waals surface area contributed by atoms with E-state index in [4.69, 9.17) is 5.73 Å². The highest BCUT2D eigenvalue weighted by Gasteiger charge is 2.31. The van der Waals surface area contributed by atoms with Gasteiger partial charge in [-0.1, -0.05) is 12.8 Å². The second kappa shape index (κ2) is 6.04. The maximum absolute atomic E-state index is 12.4. The Balaban J connectivity index is 2.23. The molecule has 1 heterocycles. The molecule has 110 valence electrons. The van der Waals surface area contributed by atoms with E-state index in [1.165, 1.54) is 6.20 Å². The van der Waals surface area contributed by atoms with Gasteiger partial charge in [0.05, 0.1) is 0 Å². The van der Waals surface area contributed by atoms with E-state index < -0.39 is 11.2 Å². The largest absolute Gasteiger partial charge is 0.338 e. The van der Waals surface area contributed by atoms with Gasteiger partial charge in [0.15, 0.2) is 0 Å². The average Bonchev–Trinajstić information content (AvgIpc) is 2.45. The lowest BCUT2D eigenvalue weighted by molar-refractivity contribution is 0.0618. The molecule has 1 aliphatic rings. The van der Waals surface area contributed by atoms with Gasteiger partial charge in [0.2, 0.25) is 0 Å². The van der Waals surface area contributed by atoms with Gasteiger partial charge in [-0.05, 0) is 25.3 Å². The SMILES string of the molecule is CN(C(=O)c1c[nH]c(=O)[nH]c1=O)C1CCCCC1CN. The number of aromatic nitrogens is 2. The van der Waals surface area contributed by atoms with Gasteiger partial charge in [-0.25, -0.2) is 4.79 Å². The lowest BCUT2D eigenvalue weighted by Gasteiger charge is -2.37. The van der Waals surface area contributed by atoms with E-state index in [0.717, 1.165) is 25.7 Å². The highest BCUT2D eigenvalue weighted by Crippen LogP contribution is 2.27. The van der Waals surface area contributed by atoms with Crippen molar-refractivity contribution in [3.8, 4) is 0 Å². The van der Waals surface area contributed by atoms with Gasteiger partial charge in [0, 0.05) is 19.3 Å². The quantitative estimate of drug-likeness (QED) is 0.702. The summed E-state index contributed by atoms with van der Waals surface area (Å²) in [5, 5.41) is 0. The van der Waals surface area contributed by atoms with Crippen LogP contribution in [0.15, 0.2) is 15.8 Å². The van der Waals surface area contributed by atoms with Crippen molar-refractivity contribution in [1.29, 1.82) is 0 Å². The van der Waals surface area contributed by atoms with Crippen molar-refractivity contribution in [1.82, 2.24) is 14.9 Å². The smallest absolute Gasteiger partial charge is 0.325 e. The minimum absolute atomic E-state index is 0.0477. The van der Waals surface area contributed by atoms with Gasteiger partial charge in [0.25, 0.3) is 11.5 Å². The van der Waals surface area contributed by atoms with Gasteiger partial charge >= 0.3 is 5.69 Å². The zero-order valence-corrected chi connectivity index (χ0v) is 11.5. The minimum Gasteiger partial charge on any atom is -0.338 e. The van der Waals surface area contributed by atoms with Crippen molar-refractivity contribution in [3.05, 3.63) is 32.6 Å². The zero-order chi connectivity index (χ0) is 14.7. The van der Waals surface area contributed by atoms with Crippen molar-refractivity contribution in [2.24, 2.45) is 11.7 Å². The van der Waals surface area contributed by atoms with Crippen LogP contribution in [0.5, 0.6) is 0 Å². The van der Waals surface area contributed by atoms with Crippen LogP contribution < -0.4 is 17.0 Å². The minimum atomic E-state index is -0.661. The number of carbonyl (C=O) groups is 1. The van der Waals surface area contributed by atoms with E-state index in [1.54, 1.807) is 11.9 Å². The fourth-order valence-electron chi connectivity index (χ4n) is 2.88. The molecule has 1 aromatic rings. The highest BCUT2D eigenvalue weighted by atomic mass is 16.2. The number of hydrogen-bond acceptors (Lipinski definition) is 4. The van der Waals surface area contributed by atoms with E-state index >= 15 is 0 Å². The van der Waals surface area contributed by atoms with Crippen molar-refractivity contribution in [2.75, 3.05) is 13.6 Å². The van der Waals surface area contributed by atoms with Gasteiger partial charge in [0.1, 0.15) is 5.56 Å². The monoisotopic (exact) mass is 280 g/mol. The number of nitrogens with zero attached hydrogens (tertiary/aromatic N) is 1. The summed E-state index contributed by atoms with van der Waals surface area (Å²) in [6.45, 7) is 0.532. The first-order valence-corrected chi connectivity index (χ1v) is 6.84. The molecule has 2 unspecified atom stereocenters. The molecule has 0 bridgehead atoms. The molecule has 0 radical (unpaired) electrons. The first kappa shape index (κ1) is 14.5. The van der Waals surface area contributed by atoms with Crippen LogP contribution in [0.25, 0.3) is 0 Å². The maximum Gasteiger partial charge on any atom is 0.325 e. The first-order chi connectivity index (χ1) is 9.54. The van der Waals surface area contributed by atoms with Gasteiger partial charge in [-0.3, -0.25) is 14.6 Å². The van der Waals surface area contributed by atoms with E-state index in [9.17, 15) is 14.4 Å². The molecule has 1 saturated carbocycles. The number of nitrogens with two attached hydrogens (primary N) is 1. The number of H-pyrrole nitrogens is 2. The number of hydrogen-bond donors (Lipinski definition) is 3. The number of rotatable bonds is 3. The molecule has 1 aromatic heterocycles. The third kappa shape index (κ3) is 2.82. The van der Waals surface area contributed by atoms with Crippen molar-refractivity contribution in [2.45, 2.75) is 31.7 Å². The summed E-state index contributed by atoms with van der Waals surface area (Å²) in [4.78, 5) is 41.0. The fourth-order valence-corrected chi connectivity index (χ4v) is 2.88. The average molecular weight is 280 g/mol. The molecule has 1 amide bonds. The predicted molar refractivity (Wildman–Crippen MR) is 74.6 cm³/mol. The van der Waals surface area contributed by atoms with Crippen LogP contribution in [0, 0.1) is 5.92 Å². The van der Waals surface area contributed by atoms with Crippen LogP contribution in [-0.4, -0.2) is 40.4 Å². The molecule has 7 heteroatoms. The molecular formula is C13H20N4O3. The van der Waals surface area contributed by atoms with E-state index in [2.05, 4.69) is 9.97 Å². The third-order valence-corrected chi connectivity index (χ3v) is 4.04. The van der Waals surface area contributed by atoms with Crippen molar-refractivity contribution >= 4 is 5.91 Å². The summed E-state index contributed by atoms with van der Waals surface area (Å²) in [5.74, 6) is -0.118. The molecule has 0 aliphatic heterocycles. The fraction of sp³-hybridized carbons (Fsp3) is 0.615. The third-order valence-electron chi connectivity index (χ3n) is 4.04. The number of amides is 1. The molecule has 0 saturated heterocycles. The summed E-state index contributed by atoms with van der Waals surface area (Å²) in [6, 6.07) is 0.0487. The normalized spacial score (nSPS) is 22.5. The Morgan fingerprint density at radius 1 is 1.40 bits per heavy atom. The Labute approximate surface area is 116 Å². The zero-order valence-electron chi connectivity index (χ0n) is 11.5. The molecule has 2 rings (SSSR count). The Hall–Kier alpha value is -1.89. The van der Waals surface area contributed by atoms with Crippen LogP contribution in [0.1, 0.15) is 36.0 Å². The van der Waals surface area contributed by atoms with Crippen LogP contribution >= 0.6 is 0 Å². The van der Waals surface area contributed by atoms with E-state index in [-0.39, 0.29) is 23.4 Å². The molecule has 7 nitrogen and oxygen atoms in total. The second-order valence-electron chi connectivity index (χ2n) is 5.25. The number of nitrogens with one attached hydrogen (secondary N) is 2. The molecule has 20 heavy (non-hydrogen) atoms. The summed E-state index contributed by atoms with van der Waals surface area (Å²) in [5.41, 5.74) is 4.44. The maximum atomic E-state index is 12.4. The lowest BCUT2D eigenvalue weighted by Crippen LogP contribution is -2.47. The molecule has 1 aliphatic carbocycles. The van der Waals surface area contributed by atoms with E-state index in [0.29, 0.717) is 6.54 Å². The first-order valence-electron chi connectivity index (χ1n) is 6.84. The molecular weight excluding hydrogens is 260 g/mol. The molecule has 4 N–H and O–H groups in total. The second-order valence-corrected chi connectivity index (χ2v) is 5.25. The lowest BCUT2D eigenvalue weighted by atomic mass is 9.83. The summed E-state index contributed by atoms with van der Waals surface area (Å²) in [7, 11) is 1.69. The Morgan fingerprint density at radius 2 is 2.10 bits per heavy atom. The number of aromatic amines is 2. The number of carbonyl (C=O) groups excluding carboxylic acids is 1. The summed E-state index contributed by atoms with van der Waals surface area (Å²) < 4.78 is 0. The molecule has 0 aromatic carbocycles. The summed E-state index contributed by atoms with van der Waals surface area (Å²) in [6.07, 6.45) is 5.24. The Kier molecular flexibility index (Phi) is 4.39. The highest BCUT2D eigenvalue weighted by molar-refractivity contribution is 5.93. The van der Waals surface area contributed by atoms with Crippen LogP contribution in [0.4, 0.5) is 0 Å². The summed E-state index contributed by atoms with van der Waals surface area (Å²) >= 11 is 0. The van der Waals surface area contributed by atoms with Crippen molar-refractivity contribution in [3.63, 3.8) is 0 Å². The van der Waals surface area contributed by atoms with Crippen molar-refractivity contribution < 1.29 is 4.79 Å². The molecule has 0 spiro atoms. The van der Waals surface area contributed by atoms with Gasteiger partial charge < -0.3 is 15.6 Å². The molecule has 2 atom stereocenters. The molecule has 1 fully saturated rings. The predicted octanol–water partition coefficient (Wildman–Crippen LogP) is -0.347. The standard InChI is InChI=1S/C13H20N4O3/c1-17(10-5-3-2-4-8(10)6-14)12(19)9-7-15-13(20)16-11(9)18/h7-8,10H,2-6,14H2,1H3,(H2,15,16,18,20). The van der Waals surface area contributed by atoms with Gasteiger partial charge in [-0.15, -0.1) is 0 Å². The van der Waals surface area contributed by atoms with Gasteiger partial charge in [-0.2, -0.15) is 0 Å². The topological polar surface area (TPSA) is 112 Å².